The Labute approximate surface area is 128 Å². The van der Waals surface area contributed by atoms with Crippen LogP contribution in [0.1, 0.15) is 25.3 Å². The van der Waals surface area contributed by atoms with E-state index < -0.39 is 0 Å². The number of aliphatic hydroxyl groups is 1. The Hall–Kier alpha value is -2.41. The predicted octanol–water partition coefficient (Wildman–Crippen LogP) is 2.33. The van der Waals surface area contributed by atoms with E-state index in [-0.39, 0.29) is 18.7 Å². The van der Waals surface area contributed by atoms with Gasteiger partial charge in [0.25, 0.3) is 0 Å². The van der Waals surface area contributed by atoms with Gasteiger partial charge >= 0.3 is 6.03 Å². The molecular weight excluding hydrogens is 284 g/mol. The molecule has 0 aliphatic heterocycles. The molecule has 118 valence electrons. The molecule has 0 saturated carbocycles. The van der Waals surface area contributed by atoms with E-state index in [1.54, 1.807) is 6.07 Å². The molecule has 1 atom stereocenters. The molecule has 1 aromatic carbocycles. The summed E-state index contributed by atoms with van der Waals surface area (Å²) in [6.07, 6.45) is 2.65. The van der Waals surface area contributed by atoms with Gasteiger partial charge in [-0.2, -0.15) is 0 Å². The van der Waals surface area contributed by atoms with Crippen LogP contribution in [-0.2, 0) is 0 Å². The minimum Gasteiger partial charge on any atom is -0.423 e. The molecule has 2 amide bonds. The van der Waals surface area contributed by atoms with Crippen molar-refractivity contribution in [2.75, 3.05) is 11.9 Å². The van der Waals surface area contributed by atoms with Gasteiger partial charge in [-0.3, -0.25) is 0 Å². The molecule has 0 spiro atoms. The number of nitrogens with zero attached hydrogens (tertiary/aromatic N) is 2. The second kappa shape index (κ2) is 7.56. The van der Waals surface area contributed by atoms with E-state index in [0.29, 0.717) is 18.0 Å². The number of aromatic nitrogens is 2. The second-order valence-electron chi connectivity index (χ2n) is 5.14. The zero-order chi connectivity index (χ0) is 15.9. The van der Waals surface area contributed by atoms with E-state index >= 15 is 0 Å². The number of urea groups is 1. The van der Waals surface area contributed by atoms with Gasteiger partial charge in [-0.25, -0.2) is 4.79 Å². The second-order valence-corrected chi connectivity index (χ2v) is 5.14. The van der Waals surface area contributed by atoms with Crippen LogP contribution in [0.25, 0.3) is 11.5 Å². The van der Waals surface area contributed by atoms with Crippen molar-refractivity contribution in [1.29, 1.82) is 0 Å². The number of anilines is 1. The fraction of sp³-hybridized carbons (Fsp3) is 0.400. The average molecular weight is 304 g/mol. The minimum absolute atomic E-state index is 0.00780. The first kappa shape index (κ1) is 16.0. The first-order valence-electron chi connectivity index (χ1n) is 7.15. The summed E-state index contributed by atoms with van der Waals surface area (Å²) in [5.41, 5.74) is 2.36. The summed E-state index contributed by atoms with van der Waals surface area (Å²) in [4.78, 5) is 12.0. The molecule has 0 aliphatic carbocycles. The zero-order valence-corrected chi connectivity index (χ0v) is 12.7. The van der Waals surface area contributed by atoms with Crippen LogP contribution in [0.2, 0.25) is 0 Å². The summed E-state index contributed by atoms with van der Waals surface area (Å²) in [7, 11) is 0. The third-order valence-electron chi connectivity index (χ3n) is 3.27. The van der Waals surface area contributed by atoms with Crippen LogP contribution < -0.4 is 10.6 Å². The van der Waals surface area contributed by atoms with Gasteiger partial charge in [0.2, 0.25) is 12.3 Å². The smallest absolute Gasteiger partial charge is 0.319 e. The number of carbonyl (C=O) groups is 1. The Balaban J connectivity index is 2.02. The first-order valence-corrected chi connectivity index (χ1v) is 7.15. The van der Waals surface area contributed by atoms with E-state index in [1.807, 2.05) is 26.0 Å². The number of rotatable bonds is 6. The molecule has 0 bridgehead atoms. The summed E-state index contributed by atoms with van der Waals surface area (Å²) in [6, 6.07) is 5.24. The maximum atomic E-state index is 12.0. The van der Waals surface area contributed by atoms with Gasteiger partial charge in [0.15, 0.2) is 0 Å². The summed E-state index contributed by atoms with van der Waals surface area (Å²) in [5, 5.41) is 21.9. The monoisotopic (exact) mass is 304 g/mol. The van der Waals surface area contributed by atoms with E-state index in [9.17, 15) is 4.79 Å². The van der Waals surface area contributed by atoms with Crippen molar-refractivity contribution in [2.45, 2.75) is 32.7 Å². The molecule has 0 aliphatic rings. The Morgan fingerprint density at radius 3 is 2.95 bits per heavy atom. The number of aryl methyl sites for hydroxylation is 1. The molecule has 1 unspecified atom stereocenters. The van der Waals surface area contributed by atoms with Crippen molar-refractivity contribution in [1.82, 2.24) is 15.5 Å². The van der Waals surface area contributed by atoms with E-state index in [0.717, 1.165) is 17.5 Å². The van der Waals surface area contributed by atoms with Crippen LogP contribution in [0, 0.1) is 6.92 Å². The molecule has 7 heteroatoms. The largest absolute Gasteiger partial charge is 0.423 e. The lowest BCUT2D eigenvalue weighted by Crippen LogP contribution is -2.36. The van der Waals surface area contributed by atoms with Crippen LogP contribution in [-0.4, -0.2) is 34.0 Å². The summed E-state index contributed by atoms with van der Waals surface area (Å²) in [6.45, 7) is 3.93. The molecule has 1 aromatic heterocycles. The molecule has 0 saturated heterocycles. The van der Waals surface area contributed by atoms with Gasteiger partial charge in [-0.1, -0.05) is 6.07 Å². The highest BCUT2D eigenvalue weighted by molar-refractivity contribution is 5.91. The van der Waals surface area contributed by atoms with Crippen LogP contribution in [0.15, 0.2) is 29.0 Å². The summed E-state index contributed by atoms with van der Waals surface area (Å²) < 4.78 is 5.15. The van der Waals surface area contributed by atoms with E-state index in [2.05, 4.69) is 20.8 Å². The molecule has 1 heterocycles. The fourth-order valence-electron chi connectivity index (χ4n) is 2.04. The quantitative estimate of drug-likeness (QED) is 0.760. The predicted molar refractivity (Wildman–Crippen MR) is 82.4 cm³/mol. The van der Waals surface area contributed by atoms with Gasteiger partial charge in [0, 0.05) is 23.9 Å². The van der Waals surface area contributed by atoms with Crippen LogP contribution >= 0.6 is 0 Å². The standard InChI is InChI=1S/C15H20N4O3/c1-10-5-6-12(14-19-16-9-22-14)8-13(10)18-15(21)17-11(2)4-3-7-20/h5-6,8-9,11,20H,3-4,7H2,1-2H3,(H2,17,18,21). The zero-order valence-electron chi connectivity index (χ0n) is 12.7. The van der Waals surface area contributed by atoms with Gasteiger partial charge in [-0.15, -0.1) is 10.2 Å². The molecule has 3 N–H and O–H groups in total. The van der Waals surface area contributed by atoms with Crippen molar-refractivity contribution in [3.63, 3.8) is 0 Å². The molecule has 0 fully saturated rings. The summed E-state index contributed by atoms with van der Waals surface area (Å²) >= 11 is 0. The van der Waals surface area contributed by atoms with Crippen molar-refractivity contribution in [2.24, 2.45) is 0 Å². The Morgan fingerprint density at radius 2 is 2.27 bits per heavy atom. The molecule has 0 radical (unpaired) electrons. The third kappa shape index (κ3) is 4.29. The molecule has 2 aromatic rings. The van der Waals surface area contributed by atoms with Crippen molar-refractivity contribution in [3.05, 3.63) is 30.2 Å². The lowest BCUT2D eigenvalue weighted by atomic mass is 10.1. The fourth-order valence-corrected chi connectivity index (χ4v) is 2.04. The number of aliphatic hydroxyl groups excluding tert-OH is 1. The number of carbonyl (C=O) groups excluding carboxylic acids is 1. The number of benzene rings is 1. The van der Waals surface area contributed by atoms with E-state index in [4.69, 9.17) is 9.52 Å². The maximum absolute atomic E-state index is 12.0. The number of hydrogen-bond donors (Lipinski definition) is 3. The highest BCUT2D eigenvalue weighted by Gasteiger charge is 2.11. The molecular formula is C15H20N4O3. The molecule has 7 nitrogen and oxygen atoms in total. The van der Waals surface area contributed by atoms with E-state index in [1.165, 1.54) is 6.39 Å². The van der Waals surface area contributed by atoms with Crippen LogP contribution in [0.4, 0.5) is 10.5 Å². The third-order valence-corrected chi connectivity index (χ3v) is 3.27. The number of hydrogen-bond acceptors (Lipinski definition) is 5. The van der Waals surface area contributed by atoms with Gasteiger partial charge in [0.1, 0.15) is 0 Å². The summed E-state index contributed by atoms with van der Waals surface area (Å²) in [5.74, 6) is 0.403. The van der Waals surface area contributed by atoms with Gasteiger partial charge < -0.3 is 20.2 Å². The molecule has 2 rings (SSSR count). The SMILES string of the molecule is Cc1ccc(-c2nnco2)cc1NC(=O)NC(C)CCCO. The first-order chi connectivity index (χ1) is 10.6. The number of amides is 2. The van der Waals surface area contributed by atoms with Crippen molar-refractivity contribution in [3.8, 4) is 11.5 Å². The van der Waals surface area contributed by atoms with Crippen molar-refractivity contribution < 1.29 is 14.3 Å². The topological polar surface area (TPSA) is 100 Å². The van der Waals surface area contributed by atoms with Gasteiger partial charge in [0.05, 0.1) is 0 Å². The Morgan fingerprint density at radius 1 is 1.45 bits per heavy atom. The Kier molecular flexibility index (Phi) is 5.48. The van der Waals surface area contributed by atoms with Crippen LogP contribution in [0.3, 0.4) is 0 Å². The lowest BCUT2D eigenvalue weighted by molar-refractivity contribution is 0.245. The highest BCUT2D eigenvalue weighted by atomic mass is 16.4. The normalized spacial score (nSPS) is 12.0. The Bertz CT molecular complexity index is 613. The number of nitrogens with one attached hydrogen (secondary N) is 2. The lowest BCUT2D eigenvalue weighted by Gasteiger charge is -2.15. The average Bonchev–Trinajstić information content (AvgIpc) is 3.01. The van der Waals surface area contributed by atoms with Gasteiger partial charge in [-0.05, 0) is 44.4 Å². The maximum Gasteiger partial charge on any atom is 0.319 e. The highest BCUT2D eigenvalue weighted by Crippen LogP contribution is 2.23. The minimum atomic E-state index is -0.281. The molecule has 22 heavy (non-hydrogen) atoms. The van der Waals surface area contributed by atoms with Crippen LogP contribution in [0.5, 0.6) is 0 Å². The van der Waals surface area contributed by atoms with Crippen molar-refractivity contribution >= 4 is 11.7 Å².